The first-order valence-corrected chi connectivity index (χ1v) is 15.7. The molecule has 4 aromatic rings. The van der Waals surface area contributed by atoms with E-state index in [1.807, 2.05) is 12.1 Å². The third-order valence-corrected chi connectivity index (χ3v) is 8.94. The van der Waals surface area contributed by atoms with Gasteiger partial charge in [-0.2, -0.15) is 0 Å². The molecule has 0 N–H and O–H groups in total. The molecule has 3 aromatic carbocycles. The van der Waals surface area contributed by atoms with Crippen molar-refractivity contribution in [3.63, 3.8) is 0 Å². The van der Waals surface area contributed by atoms with Crippen LogP contribution in [0, 0.1) is 10.1 Å². The molecular formula is C30H22Br2ClN3O6S. The number of hydrogen-bond donors (Lipinski definition) is 0. The summed E-state index contributed by atoms with van der Waals surface area (Å²) in [6.45, 7) is 3.72. The second kappa shape index (κ2) is 13.0. The highest BCUT2D eigenvalue weighted by Crippen LogP contribution is 2.36. The van der Waals surface area contributed by atoms with Crippen LogP contribution in [-0.2, 0) is 16.1 Å². The summed E-state index contributed by atoms with van der Waals surface area (Å²) in [7, 11) is 0. The number of hydrogen-bond acceptors (Lipinski definition) is 8. The molecule has 5 rings (SSSR count). The number of carbonyl (C=O) groups is 1. The number of ether oxygens (including phenoxy) is 2. The molecule has 0 fully saturated rings. The summed E-state index contributed by atoms with van der Waals surface area (Å²) in [6.07, 6.45) is 1.71. The third-order valence-electron chi connectivity index (χ3n) is 6.57. The minimum Gasteiger partial charge on any atom is -0.487 e. The molecule has 0 radical (unpaired) electrons. The van der Waals surface area contributed by atoms with Crippen molar-refractivity contribution in [2.45, 2.75) is 26.5 Å². The second-order valence-electron chi connectivity index (χ2n) is 9.34. The molecule has 0 amide bonds. The fourth-order valence-corrected chi connectivity index (χ4v) is 7.28. The average Bonchev–Trinajstić information content (AvgIpc) is 3.26. The van der Waals surface area contributed by atoms with Crippen molar-refractivity contribution in [2.75, 3.05) is 6.61 Å². The summed E-state index contributed by atoms with van der Waals surface area (Å²) in [5.41, 5.74) is 2.21. The Kier molecular flexibility index (Phi) is 9.30. The highest BCUT2D eigenvalue weighted by atomic mass is 79.9. The van der Waals surface area contributed by atoms with Gasteiger partial charge >= 0.3 is 5.97 Å². The molecule has 1 aliphatic heterocycles. The van der Waals surface area contributed by atoms with Crippen molar-refractivity contribution in [3.8, 4) is 5.75 Å². The van der Waals surface area contributed by atoms with Gasteiger partial charge in [0.05, 0.1) is 31.8 Å². The van der Waals surface area contributed by atoms with Crippen LogP contribution >= 0.6 is 54.8 Å². The summed E-state index contributed by atoms with van der Waals surface area (Å²) < 4.78 is 14.7. The molecule has 220 valence electrons. The highest BCUT2D eigenvalue weighted by molar-refractivity contribution is 9.11. The smallest absolute Gasteiger partial charge is 0.338 e. The van der Waals surface area contributed by atoms with E-state index < -0.39 is 16.9 Å². The number of nitro groups is 1. The normalized spacial score (nSPS) is 14.7. The van der Waals surface area contributed by atoms with Crippen molar-refractivity contribution < 1.29 is 19.2 Å². The molecule has 0 saturated carbocycles. The van der Waals surface area contributed by atoms with Gasteiger partial charge in [-0.25, -0.2) is 9.79 Å². The van der Waals surface area contributed by atoms with Crippen LogP contribution in [0.1, 0.15) is 36.6 Å². The van der Waals surface area contributed by atoms with Crippen LogP contribution in [0.5, 0.6) is 5.75 Å². The predicted octanol–water partition coefficient (Wildman–Crippen LogP) is 6.46. The van der Waals surface area contributed by atoms with Crippen LogP contribution in [0.3, 0.4) is 0 Å². The zero-order valence-electron chi connectivity index (χ0n) is 22.7. The predicted molar refractivity (Wildman–Crippen MR) is 171 cm³/mol. The van der Waals surface area contributed by atoms with E-state index in [0.29, 0.717) is 41.4 Å². The lowest BCUT2D eigenvalue weighted by Gasteiger charge is -2.25. The Labute approximate surface area is 271 Å². The fourth-order valence-electron chi connectivity index (χ4n) is 4.63. The first-order valence-electron chi connectivity index (χ1n) is 12.9. The maximum absolute atomic E-state index is 14.0. The van der Waals surface area contributed by atoms with Gasteiger partial charge in [-0.3, -0.25) is 19.5 Å². The Hall–Kier alpha value is -3.58. The van der Waals surface area contributed by atoms with Crippen molar-refractivity contribution in [3.05, 3.63) is 132 Å². The Balaban J connectivity index is 1.62. The number of aromatic nitrogens is 1. The van der Waals surface area contributed by atoms with Gasteiger partial charge in [0, 0.05) is 27.2 Å². The van der Waals surface area contributed by atoms with E-state index in [2.05, 4.69) is 36.9 Å². The molecule has 0 bridgehead atoms. The molecule has 2 heterocycles. The number of esters is 1. The van der Waals surface area contributed by atoms with Gasteiger partial charge in [0.2, 0.25) is 0 Å². The van der Waals surface area contributed by atoms with Gasteiger partial charge in [0.25, 0.3) is 11.2 Å². The lowest BCUT2D eigenvalue weighted by Crippen LogP contribution is -2.40. The van der Waals surface area contributed by atoms with Crippen LogP contribution < -0.4 is 19.6 Å². The van der Waals surface area contributed by atoms with Crippen molar-refractivity contribution in [2.24, 2.45) is 4.99 Å². The van der Waals surface area contributed by atoms with Crippen LogP contribution in [0.15, 0.2) is 90.7 Å². The largest absolute Gasteiger partial charge is 0.487 e. The minimum atomic E-state index is -0.835. The van der Waals surface area contributed by atoms with E-state index in [4.69, 9.17) is 21.1 Å². The minimum absolute atomic E-state index is 0.0129. The maximum atomic E-state index is 14.0. The molecule has 13 heteroatoms. The Morgan fingerprint density at radius 1 is 1.19 bits per heavy atom. The molecule has 1 aliphatic rings. The highest BCUT2D eigenvalue weighted by Gasteiger charge is 2.34. The van der Waals surface area contributed by atoms with Gasteiger partial charge in [-0.15, -0.1) is 0 Å². The standard InChI is InChI=1S/C30H22Br2ClN3O6S/c1-3-41-29(38)25-16(2)34-30-35(26(25)21-6-4-5-7-23(21)33)28(37)24(43-30)13-18-12-19(31)14-22(32)27(18)42-15-17-8-10-20(11-9-17)36(39)40/h4-14,26H,3,15H2,1-2H3/b24-13-/t26-/m0/s1. The molecular weight excluding hydrogens is 726 g/mol. The molecule has 1 atom stereocenters. The molecule has 0 aliphatic carbocycles. The first-order chi connectivity index (χ1) is 20.6. The Bertz CT molecular complexity index is 1970. The topological polar surface area (TPSA) is 113 Å². The van der Waals surface area contributed by atoms with Gasteiger partial charge in [-0.05, 0) is 77.3 Å². The van der Waals surface area contributed by atoms with E-state index in [9.17, 15) is 19.7 Å². The van der Waals surface area contributed by atoms with E-state index in [0.717, 1.165) is 10.0 Å². The summed E-state index contributed by atoms with van der Waals surface area (Å²) >= 11 is 14.8. The van der Waals surface area contributed by atoms with Crippen molar-refractivity contribution in [1.82, 2.24) is 4.57 Å². The van der Waals surface area contributed by atoms with E-state index in [-0.39, 0.29) is 30.0 Å². The monoisotopic (exact) mass is 745 g/mol. The zero-order valence-corrected chi connectivity index (χ0v) is 27.4. The lowest BCUT2D eigenvalue weighted by molar-refractivity contribution is -0.384. The number of rotatable bonds is 8. The van der Waals surface area contributed by atoms with Crippen LogP contribution in [0.25, 0.3) is 6.08 Å². The van der Waals surface area contributed by atoms with Crippen LogP contribution in [-0.4, -0.2) is 22.1 Å². The van der Waals surface area contributed by atoms with E-state index in [1.54, 1.807) is 56.3 Å². The van der Waals surface area contributed by atoms with Gasteiger partial charge in [0.15, 0.2) is 4.80 Å². The third kappa shape index (κ3) is 6.37. The first kappa shape index (κ1) is 30.9. The average molecular weight is 748 g/mol. The molecule has 0 unspecified atom stereocenters. The van der Waals surface area contributed by atoms with Gasteiger partial charge < -0.3 is 9.47 Å². The van der Waals surface area contributed by atoms with E-state index in [1.165, 1.54) is 28.0 Å². The van der Waals surface area contributed by atoms with Crippen molar-refractivity contribution >= 4 is 72.5 Å². The van der Waals surface area contributed by atoms with Gasteiger partial charge in [0.1, 0.15) is 18.4 Å². The number of nitrogens with zero attached hydrogens (tertiary/aromatic N) is 3. The van der Waals surface area contributed by atoms with Crippen LogP contribution in [0.2, 0.25) is 5.02 Å². The fraction of sp³-hybridized carbons (Fsp3) is 0.167. The lowest BCUT2D eigenvalue weighted by atomic mass is 9.96. The molecule has 0 saturated heterocycles. The zero-order chi connectivity index (χ0) is 30.8. The number of benzene rings is 3. The summed E-state index contributed by atoms with van der Waals surface area (Å²) in [5, 5.41) is 11.4. The summed E-state index contributed by atoms with van der Waals surface area (Å²) in [5.74, 6) is -0.0979. The Morgan fingerprint density at radius 3 is 2.58 bits per heavy atom. The number of carbonyl (C=O) groups excluding carboxylic acids is 1. The number of halogens is 3. The summed E-state index contributed by atoms with van der Waals surface area (Å²) in [4.78, 5) is 42.7. The molecule has 1 aromatic heterocycles. The molecule has 43 heavy (non-hydrogen) atoms. The van der Waals surface area contributed by atoms with Crippen molar-refractivity contribution in [1.29, 1.82) is 0 Å². The summed E-state index contributed by atoms with van der Waals surface area (Å²) in [6, 6.07) is 15.9. The number of nitro benzene ring substituents is 1. The second-order valence-corrected chi connectivity index (χ2v) is 12.5. The maximum Gasteiger partial charge on any atom is 0.338 e. The quantitative estimate of drug-likeness (QED) is 0.116. The Morgan fingerprint density at radius 2 is 1.91 bits per heavy atom. The number of fused-ring (bicyclic) bond motifs is 1. The number of non-ortho nitro benzene ring substituents is 1. The molecule has 9 nitrogen and oxygen atoms in total. The number of thiazole rings is 1. The number of allylic oxidation sites excluding steroid dienone is 1. The van der Waals surface area contributed by atoms with Gasteiger partial charge in [-0.1, -0.05) is 57.1 Å². The SMILES string of the molecule is CCOC(=O)C1=C(C)N=c2s/c(=C\c3cc(Br)cc(Br)c3OCc3ccc([N+](=O)[O-])cc3)c(=O)n2[C@H]1c1ccccc1Cl. The van der Waals surface area contributed by atoms with E-state index >= 15 is 0 Å². The molecule has 0 spiro atoms. The van der Waals surface area contributed by atoms with Crippen LogP contribution in [0.4, 0.5) is 5.69 Å².